The minimum atomic E-state index is -0.279. The van der Waals surface area contributed by atoms with Crippen molar-refractivity contribution in [2.45, 2.75) is 45.7 Å². The lowest BCUT2D eigenvalue weighted by Gasteiger charge is -2.31. The Kier molecular flexibility index (Phi) is 6.40. The van der Waals surface area contributed by atoms with E-state index in [1.54, 1.807) is 30.3 Å². The number of aromatic nitrogens is 1. The second-order valence-electron chi connectivity index (χ2n) is 6.20. The lowest BCUT2D eigenvalue weighted by atomic mass is 10.0. The summed E-state index contributed by atoms with van der Waals surface area (Å²) in [6.07, 6.45) is 4.44. The monoisotopic (exact) mass is 334 g/mol. The largest absolute Gasteiger partial charge is 0.450 e. The molecule has 0 saturated carbocycles. The maximum Gasteiger partial charge on any atom is 0.409 e. The average Bonchev–Trinajstić information content (AvgIpc) is 2.55. The Morgan fingerprint density at radius 1 is 1.33 bits per heavy atom. The summed E-state index contributed by atoms with van der Waals surface area (Å²) in [5.41, 5.74) is 1.36. The van der Waals surface area contributed by atoms with Gasteiger partial charge in [0.05, 0.1) is 17.9 Å². The maximum absolute atomic E-state index is 12.4. The molecular formula is C17H26N4O3. The number of likely N-dealkylation sites (tertiary alicyclic amines) is 1. The van der Waals surface area contributed by atoms with Crippen molar-refractivity contribution in [1.29, 1.82) is 0 Å². The standard InChI is InChI=1S/C17H26N4O3/c1-4-24-17(23)21-7-5-14(6-8-21)20-16(22)13-9-15(11-18-10-13)19-12(2)3/h9-12,14,19H,4-8H2,1-3H3,(H,20,22). The highest BCUT2D eigenvalue weighted by atomic mass is 16.6. The van der Waals surface area contributed by atoms with Crippen LogP contribution in [-0.4, -0.2) is 53.7 Å². The van der Waals surface area contributed by atoms with Gasteiger partial charge >= 0.3 is 6.09 Å². The summed E-state index contributed by atoms with van der Waals surface area (Å²) in [6.45, 7) is 7.42. The van der Waals surface area contributed by atoms with Crippen LogP contribution in [0, 0.1) is 0 Å². The van der Waals surface area contributed by atoms with Gasteiger partial charge in [-0.2, -0.15) is 0 Å². The molecule has 7 nitrogen and oxygen atoms in total. The predicted octanol–water partition coefficient (Wildman–Crippen LogP) is 2.25. The summed E-state index contributed by atoms with van der Waals surface area (Å²) in [4.78, 5) is 29.9. The quantitative estimate of drug-likeness (QED) is 0.863. The van der Waals surface area contributed by atoms with E-state index in [0.29, 0.717) is 25.3 Å². The van der Waals surface area contributed by atoms with E-state index in [1.807, 2.05) is 13.8 Å². The van der Waals surface area contributed by atoms with Crippen LogP contribution in [0.1, 0.15) is 44.0 Å². The normalized spacial score (nSPS) is 15.2. The molecule has 2 rings (SSSR count). The molecule has 0 unspecified atom stereocenters. The number of hydrogen-bond donors (Lipinski definition) is 2. The van der Waals surface area contributed by atoms with Crippen molar-refractivity contribution in [3.8, 4) is 0 Å². The number of hydrogen-bond acceptors (Lipinski definition) is 5. The first-order valence-corrected chi connectivity index (χ1v) is 8.43. The molecule has 1 aliphatic heterocycles. The fraction of sp³-hybridized carbons (Fsp3) is 0.588. The third-order valence-corrected chi connectivity index (χ3v) is 3.81. The van der Waals surface area contributed by atoms with Gasteiger partial charge in [0.2, 0.25) is 0 Å². The van der Waals surface area contributed by atoms with E-state index < -0.39 is 0 Å². The Labute approximate surface area is 142 Å². The number of piperidine rings is 1. The molecule has 0 spiro atoms. The fourth-order valence-electron chi connectivity index (χ4n) is 2.67. The number of carbonyl (C=O) groups excluding carboxylic acids is 2. The molecule has 0 radical (unpaired) electrons. The van der Waals surface area contributed by atoms with Gasteiger partial charge in [0.1, 0.15) is 0 Å². The summed E-state index contributed by atoms with van der Waals surface area (Å²) in [5.74, 6) is -0.135. The van der Waals surface area contributed by atoms with E-state index in [1.165, 1.54) is 0 Å². The summed E-state index contributed by atoms with van der Waals surface area (Å²) < 4.78 is 5.00. The lowest BCUT2D eigenvalue weighted by Crippen LogP contribution is -2.46. The van der Waals surface area contributed by atoms with E-state index >= 15 is 0 Å². The minimum absolute atomic E-state index is 0.0601. The Balaban J connectivity index is 1.86. The van der Waals surface area contributed by atoms with Crippen LogP contribution < -0.4 is 10.6 Å². The molecule has 2 amide bonds. The highest BCUT2D eigenvalue weighted by Gasteiger charge is 2.24. The first-order valence-electron chi connectivity index (χ1n) is 8.43. The van der Waals surface area contributed by atoms with Crippen molar-refractivity contribution in [2.24, 2.45) is 0 Å². The van der Waals surface area contributed by atoms with Gasteiger partial charge in [0.15, 0.2) is 0 Å². The number of nitrogens with one attached hydrogen (secondary N) is 2. The van der Waals surface area contributed by atoms with E-state index in [0.717, 1.165) is 18.5 Å². The zero-order valence-electron chi connectivity index (χ0n) is 14.5. The van der Waals surface area contributed by atoms with Crippen LogP contribution in [0.4, 0.5) is 10.5 Å². The Morgan fingerprint density at radius 3 is 2.67 bits per heavy atom. The highest BCUT2D eigenvalue weighted by molar-refractivity contribution is 5.94. The van der Waals surface area contributed by atoms with E-state index in [-0.39, 0.29) is 24.1 Å². The summed E-state index contributed by atoms with van der Waals surface area (Å²) in [5, 5.41) is 6.25. The molecule has 1 saturated heterocycles. The van der Waals surface area contributed by atoms with Crippen molar-refractivity contribution in [2.75, 3.05) is 25.0 Å². The topological polar surface area (TPSA) is 83.6 Å². The van der Waals surface area contributed by atoms with E-state index in [4.69, 9.17) is 4.74 Å². The molecule has 0 aliphatic carbocycles. The maximum atomic E-state index is 12.4. The van der Waals surface area contributed by atoms with Crippen molar-refractivity contribution in [3.63, 3.8) is 0 Å². The number of carbonyl (C=O) groups is 2. The molecule has 2 N–H and O–H groups in total. The SMILES string of the molecule is CCOC(=O)N1CCC(NC(=O)c2cncc(NC(C)C)c2)CC1. The van der Waals surface area contributed by atoms with Crippen LogP contribution in [0.5, 0.6) is 0 Å². The van der Waals surface area contributed by atoms with E-state index in [9.17, 15) is 9.59 Å². The fourth-order valence-corrected chi connectivity index (χ4v) is 2.67. The first kappa shape index (κ1) is 18.0. The number of rotatable bonds is 5. The number of nitrogens with zero attached hydrogens (tertiary/aromatic N) is 2. The van der Waals surface area contributed by atoms with Crippen molar-refractivity contribution in [1.82, 2.24) is 15.2 Å². The third kappa shape index (κ3) is 5.11. The molecular weight excluding hydrogens is 308 g/mol. The Hall–Kier alpha value is -2.31. The number of pyridine rings is 1. The minimum Gasteiger partial charge on any atom is -0.450 e. The van der Waals surface area contributed by atoms with E-state index in [2.05, 4.69) is 15.6 Å². The van der Waals surface area contributed by atoms with Gasteiger partial charge in [0, 0.05) is 37.6 Å². The van der Waals surface area contributed by atoms with Crippen molar-refractivity contribution >= 4 is 17.7 Å². The summed E-state index contributed by atoms with van der Waals surface area (Å²) in [6, 6.07) is 2.14. The molecule has 0 atom stereocenters. The molecule has 0 bridgehead atoms. The predicted molar refractivity (Wildman–Crippen MR) is 92.1 cm³/mol. The second kappa shape index (κ2) is 8.52. The van der Waals surface area contributed by atoms with Gasteiger partial charge in [0.25, 0.3) is 5.91 Å². The molecule has 24 heavy (non-hydrogen) atoms. The molecule has 1 aromatic rings. The van der Waals surface area contributed by atoms with Crippen molar-refractivity contribution in [3.05, 3.63) is 24.0 Å². The molecule has 1 aromatic heterocycles. The van der Waals surface area contributed by atoms with Crippen LogP contribution in [0.3, 0.4) is 0 Å². The van der Waals surface area contributed by atoms with Gasteiger partial charge in [-0.15, -0.1) is 0 Å². The zero-order valence-corrected chi connectivity index (χ0v) is 14.5. The van der Waals surface area contributed by atoms with Crippen LogP contribution in [-0.2, 0) is 4.74 Å². The van der Waals surface area contributed by atoms with Crippen LogP contribution in [0.2, 0.25) is 0 Å². The molecule has 2 heterocycles. The van der Waals surface area contributed by atoms with Gasteiger partial charge in [-0.3, -0.25) is 9.78 Å². The first-order chi connectivity index (χ1) is 11.5. The second-order valence-corrected chi connectivity index (χ2v) is 6.20. The van der Waals surface area contributed by atoms with Crippen LogP contribution in [0.15, 0.2) is 18.5 Å². The van der Waals surface area contributed by atoms with Gasteiger partial charge < -0.3 is 20.3 Å². The van der Waals surface area contributed by atoms with Crippen LogP contribution >= 0.6 is 0 Å². The number of amides is 2. The molecule has 132 valence electrons. The molecule has 1 fully saturated rings. The lowest BCUT2D eigenvalue weighted by molar-refractivity contribution is 0.0860. The molecule has 0 aromatic carbocycles. The zero-order chi connectivity index (χ0) is 17.5. The Bertz CT molecular complexity index is 569. The van der Waals surface area contributed by atoms with Crippen LogP contribution in [0.25, 0.3) is 0 Å². The van der Waals surface area contributed by atoms with Gasteiger partial charge in [-0.1, -0.05) is 0 Å². The summed E-state index contributed by atoms with van der Waals surface area (Å²) in [7, 11) is 0. The average molecular weight is 334 g/mol. The molecule has 1 aliphatic rings. The number of ether oxygens (including phenoxy) is 1. The third-order valence-electron chi connectivity index (χ3n) is 3.81. The highest BCUT2D eigenvalue weighted by Crippen LogP contribution is 2.14. The summed E-state index contributed by atoms with van der Waals surface area (Å²) >= 11 is 0. The smallest absolute Gasteiger partial charge is 0.409 e. The number of anilines is 1. The van der Waals surface area contributed by atoms with Gasteiger partial charge in [-0.05, 0) is 39.7 Å². The molecule has 7 heteroatoms. The van der Waals surface area contributed by atoms with Gasteiger partial charge in [-0.25, -0.2) is 4.79 Å². The Morgan fingerprint density at radius 2 is 2.04 bits per heavy atom. The van der Waals surface area contributed by atoms with Crippen molar-refractivity contribution < 1.29 is 14.3 Å².